The van der Waals surface area contributed by atoms with Crippen LogP contribution in [0.15, 0.2) is 22.7 Å². The second-order valence-electron chi connectivity index (χ2n) is 3.36. The zero-order chi connectivity index (χ0) is 10.4. The van der Waals surface area contributed by atoms with Crippen LogP contribution in [0.5, 0.6) is 5.75 Å². The molecule has 1 aliphatic rings. The molecule has 0 bridgehead atoms. The van der Waals surface area contributed by atoms with E-state index < -0.39 is 0 Å². The van der Waals surface area contributed by atoms with Crippen LogP contribution in [-0.2, 0) is 6.61 Å². The SMILES string of the molecule is Cc1nc2n(n1)-c1cccc(Br)c1OC2. The Hall–Kier alpha value is -1.36. The molecule has 4 nitrogen and oxygen atoms in total. The number of nitrogens with zero attached hydrogens (tertiary/aromatic N) is 3. The molecule has 0 spiro atoms. The van der Waals surface area contributed by atoms with Gasteiger partial charge in [-0.2, -0.15) is 5.10 Å². The maximum atomic E-state index is 5.62. The fraction of sp³-hybridized carbons (Fsp3) is 0.200. The van der Waals surface area contributed by atoms with Crippen molar-refractivity contribution in [1.29, 1.82) is 0 Å². The molecule has 1 aromatic heterocycles. The topological polar surface area (TPSA) is 39.9 Å². The van der Waals surface area contributed by atoms with Gasteiger partial charge in [-0.1, -0.05) is 6.07 Å². The van der Waals surface area contributed by atoms with Gasteiger partial charge in [0.05, 0.1) is 4.47 Å². The zero-order valence-corrected chi connectivity index (χ0v) is 9.65. The molecule has 15 heavy (non-hydrogen) atoms. The van der Waals surface area contributed by atoms with E-state index in [-0.39, 0.29) is 0 Å². The summed E-state index contributed by atoms with van der Waals surface area (Å²) in [6, 6.07) is 5.88. The number of ether oxygens (including phenoxy) is 1. The Labute approximate surface area is 95.0 Å². The number of hydrogen-bond donors (Lipinski definition) is 0. The van der Waals surface area contributed by atoms with Crippen LogP contribution in [0.4, 0.5) is 0 Å². The molecule has 76 valence electrons. The Morgan fingerprint density at radius 1 is 1.47 bits per heavy atom. The average molecular weight is 266 g/mol. The lowest BCUT2D eigenvalue weighted by molar-refractivity contribution is 0.274. The van der Waals surface area contributed by atoms with E-state index in [1.54, 1.807) is 0 Å². The number of para-hydroxylation sites is 1. The number of benzene rings is 1. The predicted molar refractivity (Wildman–Crippen MR) is 58.1 cm³/mol. The summed E-state index contributed by atoms with van der Waals surface area (Å²) in [6.45, 7) is 2.35. The molecule has 0 fully saturated rings. The van der Waals surface area contributed by atoms with Crippen molar-refractivity contribution < 1.29 is 4.74 Å². The third kappa shape index (κ3) is 1.26. The third-order valence-electron chi connectivity index (χ3n) is 2.30. The molecule has 2 heterocycles. The smallest absolute Gasteiger partial charge is 0.170 e. The number of aromatic nitrogens is 3. The number of fused-ring (bicyclic) bond motifs is 3. The first-order valence-corrected chi connectivity index (χ1v) is 5.39. The second kappa shape index (κ2) is 3.06. The Bertz CT molecular complexity index is 535. The van der Waals surface area contributed by atoms with E-state index in [1.807, 2.05) is 29.8 Å². The van der Waals surface area contributed by atoms with E-state index in [4.69, 9.17) is 4.74 Å². The van der Waals surface area contributed by atoms with Crippen LogP contribution < -0.4 is 4.74 Å². The molecular formula is C10H8BrN3O. The predicted octanol–water partition coefficient (Wildman–Crippen LogP) is 2.23. The van der Waals surface area contributed by atoms with Gasteiger partial charge in [-0.15, -0.1) is 0 Å². The quantitative estimate of drug-likeness (QED) is 0.734. The highest BCUT2D eigenvalue weighted by Gasteiger charge is 2.21. The number of halogens is 1. The van der Waals surface area contributed by atoms with Crippen LogP contribution in [0.1, 0.15) is 11.6 Å². The monoisotopic (exact) mass is 265 g/mol. The van der Waals surface area contributed by atoms with Crippen molar-refractivity contribution in [1.82, 2.24) is 14.8 Å². The molecule has 2 aromatic rings. The van der Waals surface area contributed by atoms with E-state index in [2.05, 4.69) is 26.0 Å². The summed E-state index contributed by atoms with van der Waals surface area (Å²) in [6.07, 6.45) is 0. The van der Waals surface area contributed by atoms with Gasteiger partial charge in [0.15, 0.2) is 11.6 Å². The fourth-order valence-corrected chi connectivity index (χ4v) is 2.16. The van der Waals surface area contributed by atoms with Gasteiger partial charge in [-0.05, 0) is 35.0 Å². The number of hydrogen-bond acceptors (Lipinski definition) is 3. The minimum Gasteiger partial charge on any atom is -0.482 e. The standard InChI is InChI=1S/C10H8BrN3O/c1-6-12-9-5-15-10-7(11)3-2-4-8(10)14(9)13-6/h2-4H,5H2,1H3. The first-order chi connectivity index (χ1) is 7.25. The van der Waals surface area contributed by atoms with E-state index in [0.29, 0.717) is 6.61 Å². The molecule has 0 N–H and O–H groups in total. The largest absolute Gasteiger partial charge is 0.482 e. The molecule has 0 atom stereocenters. The Kier molecular flexibility index (Phi) is 1.82. The highest BCUT2D eigenvalue weighted by molar-refractivity contribution is 9.10. The van der Waals surface area contributed by atoms with Gasteiger partial charge in [-0.25, -0.2) is 9.67 Å². The maximum Gasteiger partial charge on any atom is 0.170 e. The van der Waals surface area contributed by atoms with E-state index >= 15 is 0 Å². The molecule has 0 amide bonds. The van der Waals surface area contributed by atoms with Crippen molar-refractivity contribution in [3.8, 4) is 11.4 Å². The van der Waals surface area contributed by atoms with Crippen LogP contribution >= 0.6 is 15.9 Å². The van der Waals surface area contributed by atoms with Crippen LogP contribution in [0.3, 0.4) is 0 Å². The summed E-state index contributed by atoms with van der Waals surface area (Å²) in [5, 5.41) is 4.34. The normalized spacial score (nSPS) is 12.9. The van der Waals surface area contributed by atoms with Crippen LogP contribution in [0.2, 0.25) is 0 Å². The minimum atomic E-state index is 0.469. The van der Waals surface area contributed by atoms with Crippen molar-refractivity contribution in [3.63, 3.8) is 0 Å². The van der Waals surface area contributed by atoms with Gasteiger partial charge in [0.25, 0.3) is 0 Å². The highest BCUT2D eigenvalue weighted by Crippen LogP contribution is 2.35. The first-order valence-electron chi connectivity index (χ1n) is 4.60. The van der Waals surface area contributed by atoms with E-state index in [0.717, 1.165) is 27.6 Å². The zero-order valence-electron chi connectivity index (χ0n) is 8.07. The van der Waals surface area contributed by atoms with Crippen molar-refractivity contribution in [2.45, 2.75) is 13.5 Å². The Balaban J connectivity index is 2.29. The summed E-state index contributed by atoms with van der Waals surface area (Å²) in [4.78, 5) is 4.29. The first kappa shape index (κ1) is 8.91. The fourth-order valence-electron chi connectivity index (χ4n) is 1.69. The summed E-state index contributed by atoms with van der Waals surface area (Å²) >= 11 is 3.45. The number of aryl methyl sites for hydroxylation is 1. The van der Waals surface area contributed by atoms with Crippen molar-refractivity contribution in [2.24, 2.45) is 0 Å². The summed E-state index contributed by atoms with van der Waals surface area (Å²) in [5.41, 5.74) is 0.936. The van der Waals surface area contributed by atoms with Crippen LogP contribution in [0, 0.1) is 6.92 Å². The molecule has 0 radical (unpaired) electrons. The summed E-state index contributed by atoms with van der Waals surface area (Å²) in [5.74, 6) is 2.44. The van der Waals surface area contributed by atoms with Gasteiger partial charge in [0.1, 0.15) is 18.1 Å². The molecule has 3 rings (SSSR count). The maximum absolute atomic E-state index is 5.62. The molecule has 5 heteroatoms. The molecule has 0 saturated carbocycles. The van der Waals surface area contributed by atoms with E-state index in [1.165, 1.54) is 0 Å². The van der Waals surface area contributed by atoms with Crippen LogP contribution in [0.25, 0.3) is 5.69 Å². The highest BCUT2D eigenvalue weighted by atomic mass is 79.9. The molecule has 0 saturated heterocycles. The van der Waals surface area contributed by atoms with E-state index in [9.17, 15) is 0 Å². The van der Waals surface area contributed by atoms with Crippen molar-refractivity contribution in [2.75, 3.05) is 0 Å². The van der Waals surface area contributed by atoms with Gasteiger partial charge in [-0.3, -0.25) is 0 Å². The van der Waals surface area contributed by atoms with Crippen LogP contribution in [-0.4, -0.2) is 14.8 Å². The summed E-state index contributed by atoms with van der Waals surface area (Å²) in [7, 11) is 0. The van der Waals surface area contributed by atoms with Gasteiger partial charge >= 0.3 is 0 Å². The lowest BCUT2D eigenvalue weighted by Crippen LogP contribution is -2.14. The molecular weight excluding hydrogens is 258 g/mol. The molecule has 1 aromatic carbocycles. The van der Waals surface area contributed by atoms with Gasteiger partial charge < -0.3 is 4.74 Å². The number of rotatable bonds is 0. The lowest BCUT2D eigenvalue weighted by atomic mass is 10.2. The molecule has 0 unspecified atom stereocenters. The summed E-state index contributed by atoms with van der Waals surface area (Å²) < 4.78 is 8.40. The minimum absolute atomic E-state index is 0.469. The molecule has 0 aliphatic carbocycles. The second-order valence-corrected chi connectivity index (χ2v) is 4.22. The lowest BCUT2D eigenvalue weighted by Gasteiger charge is -2.18. The van der Waals surface area contributed by atoms with Gasteiger partial charge in [0.2, 0.25) is 0 Å². The Morgan fingerprint density at radius 2 is 2.33 bits per heavy atom. The van der Waals surface area contributed by atoms with Crippen molar-refractivity contribution >= 4 is 15.9 Å². The average Bonchev–Trinajstić information content (AvgIpc) is 2.59. The van der Waals surface area contributed by atoms with Gasteiger partial charge in [0, 0.05) is 0 Å². The third-order valence-corrected chi connectivity index (χ3v) is 2.92. The molecule has 1 aliphatic heterocycles. The Morgan fingerprint density at radius 3 is 3.20 bits per heavy atom. The van der Waals surface area contributed by atoms with Crippen molar-refractivity contribution in [3.05, 3.63) is 34.3 Å².